The first-order valence-electron chi connectivity index (χ1n) is 20.1. The van der Waals surface area contributed by atoms with E-state index >= 15 is 0 Å². The van der Waals surface area contributed by atoms with Crippen LogP contribution in [-0.2, 0) is 18.4 Å². The molecule has 0 aromatic rings. The fourth-order valence-electron chi connectivity index (χ4n) is 5.27. The molecule has 0 spiro atoms. The maximum absolute atomic E-state index is 12.7. The Bertz CT molecular complexity index is 1020. The minimum Gasteiger partial charge on any atom is -0.387 e. The Morgan fingerprint density at radius 1 is 0.667 bits per heavy atom. The number of hydrogen-bond acceptors (Lipinski definition) is 6. The zero-order valence-electron chi connectivity index (χ0n) is 32.3. The number of carbonyl (C=O) groups excluding carboxylic acids is 1. The van der Waals surface area contributed by atoms with E-state index in [2.05, 4.69) is 67.8 Å². The molecule has 0 aliphatic heterocycles. The molecule has 0 saturated carbocycles. The molecule has 8 nitrogen and oxygen atoms in total. The van der Waals surface area contributed by atoms with Crippen LogP contribution >= 0.6 is 7.82 Å². The number of aliphatic hydroxyl groups is 1. The van der Waals surface area contributed by atoms with Gasteiger partial charge in [-0.3, -0.25) is 13.8 Å². The van der Waals surface area contributed by atoms with Crippen molar-refractivity contribution in [2.75, 3.05) is 19.8 Å². The maximum Gasteiger partial charge on any atom is 0.472 e. The topological polar surface area (TPSA) is 131 Å². The molecule has 5 N–H and O–H groups in total. The SMILES string of the molecule is CC/C=C\C/C=C\C/C=C\C/C=C\CCC(=O)NC(COP(=O)(O)OCCN)C(O)/C=C/CC/C=C/CCCCCCCCCCCCCCC. The van der Waals surface area contributed by atoms with Crippen molar-refractivity contribution in [1.82, 2.24) is 5.32 Å². The first kappa shape index (κ1) is 48.9. The monoisotopic (exact) mass is 735 g/mol. The van der Waals surface area contributed by atoms with Gasteiger partial charge in [-0.1, -0.05) is 164 Å². The zero-order valence-corrected chi connectivity index (χ0v) is 33.2. The summed E-state index contributed by atoms with van der Waals surface area (Å²) in [5, 5.41) is 13.5. The molecule has 0 heterocycles. The second-order valence-electron chi connectivity index (χ2n) is 13.1. The Balaban J connectivity index is 4.41. The van der Waals surface area contributed by atoms with Crippen LogP contribution in [-0.4, -0.2) is 47.8 Å². The second kappa shape index (κ2) is 37.7. The van der Waals surface area contributed by atoms with Crippen LogP contribution in [0.5, 0.6) is 0 Å². The average molecular weight is 735 g/mol. The standard InChI is InChI=1S/C42H75N2O6P/c1-3-5-7-9-11-13-15-17-18-19-20-21-22-24-25-27-29-31-33-35-41(45)40(39-50-51(47,48)49-38-37-43)44-42(46)36-34-32-30-28-26-23-16-14-12-10-8-6-4-2/h6,8,12,14,23,25-27,30,32-33,35,40-41,45H,3-5,7,9-11,13,15-22,24,28-29,31,34,36-39,43H2,1-2H3,(H,44,46)(H,47,48)/b8-6-,14-12-,26-23-,27-25+,32-30-,35-33+. The molecule has 0 rings (SSSR count). The largest absolute Gasteiger partial charge is 0.472 e. The number of rotatable bonds is 36. The van der Waals surface area contributed by atoms with Crippen molar-refractivity contribution in [3.05, 3.63) is 72.9 Å². The van der Waals surface area contributed by atoms with Gasteiger partial charge in [0.2, 0.25) is 5.91 Å². The van der Waals surface area contributed by atoms with Gasteiger partial charge in [-0.05, 0) is 57.8 Å². The Hall–Kier alpha value is -2.06. The minimum absolute atomic E-state index is 0.0601. The smallest absolute Gasteiger partial charge is 0.387 e. The summed E-state index contributed by atoms with van der Waals surface area (Å²) in [6.45, 7) is 3.92. The third kappa shape index (κ3) is 36.1. The van der Waals surface area contributed by atoms with Crippen LogP contribution in [0.2, 0.25) is 0 Å². The molecule has 51 heavy (non-hydrogen) atoms. The first-order chi connectivity index (χ1) is 24.9. The molecule has 0 aromatic carbocycles. The number of aliphatic hydroxyl groups excluding tert-OH is 1. The summed E-state index contributed by atoms with van der Waals surface area (Å²) in [6.07, 6.45) is 48.3. The van der Waals surface area contributed by atoms with Crippen molar-refractivity contribution in [1.29, 1.82) is 0 Å². The quantitative estimate of drug-likeness (QED) is 0.0286. The highest BCUT2D eigenvalue weighted by Crippen LogP contribution is 2.43. The third-order valence-corrected chi connectivity index (χ3v) is 9.26. The van der Waals surface area contributed by atoms with Gasteiger partial charge in [-0.2, -0.15) is 0 Å². The lowest BCUT2D eigenvalue weighted by molar-refractivity contribution is -0.122. The number of phosphoric acid groups is 1. The molecular weight excluding hydrogens is 659 g/mol. The molecule has 9 heteroatoms. The van der Waals surface area contributed by atoms with Crippen LogP contribution in [0, 0.1) is 0 Å². The maximum atomic E-state index is 12.7. The Morgan fingerprint density at radius 3 is 1.73 bits per heavy atom. The fraction of sp³-hybridized carbons (Fsp3) is 0.690. The number of phosphoric ester groups is 1. The normalized spacial score (nSPS) is 15.0. The lowest BCUT2D eigenvalue weighted by Gasteiger charge is -2.23. The average Bonchev–Trinajstić information content (AvgIpc) is 3.12. The van der Waals surface area contributed by atoms with Crippen LogP contribution < -0.4 is 11.1 Å². The van der Waals surface area contributed by atoms with Gasteiger partial charge in [-0.15, -0.1) is 0 Å². The Kier molecular flexibility index (Phi) is 36.2. The molecular formula is C42H75N2O6P. The van der Waals surface area contributed by atoms with E-state index in [0.29, 0.717) is 6.42 Å². The molecule has 1 amide bonds. The summed E-state index contributed by atoms with van der Waals surface area (Å²) in [7, 11) is -4.36. The van der Waals surface area contributed by atoms with E-state index < -0.39 is 26.6 Å². The number of allylic oxidation sites excluding steroid dienone is 11. The van der Waals surface area contributed by atoms with Crippen molar-refractivity contribution in [3.8, 4) is 0 Å². The van der Waals surface area contributed by atoms with Gasteiger partial charge in [0.1, 0.15) is 0 Å². The van der Waals surface area contributed by atoms with Crippen molar-refractivity contribution in [3.63, 3.8) is 0 Å². The van der Waals surface area contributed by atoms with Gasteiger partial charge in [0.25, 0.3) is 0 Å². The molecule has 0 fully saturated rings. The summed E-state index contributed by atoms with van der Waals surface area (Å²) in [4.78, 5) is 22.6. The molecule has 0 aliphatic rings. The van der Waals surface area contributed by atoms with E-state index in [-0.39, 0.29) is 25.5 Å². The Labute approximate surface area is 312 Å². The van der Waals surface area contributed by atoms with Gasteiger partial charge < -0.3 is 21.1 Å². The molecule has 3 unspecified atom stereocenters. The Morgan fingerprint density at radius 2 is 1.16 bits per heavy atom. The van der Waals surface area contributed by atoms with Gasteiger partial charge in [0.15, 0.2) is 0 Å². The predicted molar refractivity (Wildman–Crippen MR) is 216 cm³/mol. The lowest BCUT2D eigenvalue weighted by Crippen LogP contribution is -2.45. The van der Waals surface area contributed by atoms with E-state index in [1.165, 1.54) is 83.5 Å². The molecule has 0 bridgehead atoms. The van der Waals surface area contributed by atoms with E-state index in [1.807, 2.05) is 18.2 Å². The van der Waals surface area contributed by atoms with Crippen molar-refractivity contribution in [2.24, 2.45) is 5.73 Å². The zero-order chi connectivity index (χ0) is 37.5. The van der Waals surface area contributed by atoms with Crippen LogP contribution in [0.15, 0.2) is 72.9 Å². The van der Waals surface area contributed by atoms with Crippen LogP contribution in [0.4, 0.5) is 0 Å². The molecule has 0 aromatic heterocycles. The summed E-state index contributed by atoms with van der Waals surface area (Å²) >= 11 is 0. The van der Waals surface area contributed by atoms with Crippen LogP contribution in [0.1, 0.15) is 155 Å². The number of carbonyl (C=O) groups is 1. The molecule has 0 saturated heterocycles. The molecule has 0 radical (unpaired) electrons. The van der Waals surface area contributed by atoms with Crippen molar-refractivity contribution < 1.29 is 28.4 Å². The van der Waals surface area contributed by atoms with Crippen molar-refractivity contribution >= 4 is 13.7 Å². The van der Waals surface area contributed by atoms with E-state index in [4.69, 9.17) is 14.8 Å². The molecule has 0 aliphatic carbocycles. The summed E-state index contributed by atoms with van der Waals surface area (Å²) in [5.41, 5.74) is 5.35. The first-order valence-corrected chi connectivity index (χ1v) is 21.6. The summed E-state index contributed by atoms with van der Waals surface area (Å²) < 4.78 is 22.0. The highest BCUT2D eigenvalue weighted by molar-refractivity contribution is 7.47. The van der Waals surface area contributed by atoms with Gasteiger partial charge >= 0.3 is 7.82 Å². The van der Waals surface area contributed by atoms with Crippen molar-refractivity contribution in [2.45, 2.75) is 167 Å². The van der Waals surface area contributed by atoms with E-state index in [1.54, 1.807) is 6.08 Å². The van der Waals surface area contributed by atoms with Gasteiger partial charge in [-0.25, -0.2) is 4.57 Å². The number of amides is 1. The lowest BCUT2D eigenvalue weighted by atomic mass is 10.0. The second-order valence-corrected chi connectivity index (χ2v) is 14.6. The number of unbranched alkanes of at least 4 members (excludes halogenated alkanes) is 14. The van der Waals surface area contributed by atoms with E-state index in [9.17, 15) is 19.4 Å². The number of nitrogens with two attached hydrogens (primary N) is 1. The highest BCUT2D eigenvalue weighted by atomic mass is 31.2. The number of nitrogens with one attached hydrogen (secondary N) is 1. The highest BCUT2D eigenvalue weighted by Gasteiger charge is 2.26. The predicted octanol–water partition coefficient (Wildman–Crippen LogP) is 10.9. The summed E-state index contributed by atoms with van der Waals surface area (Å²) in [5.74, 6) is -0.287. The number of hydrogen-bond donors (Lipinski definition) is 4. The van der Waals surface area contributed by atoms with Gasteiger partial charge in [0, 0.05) is 13.0 Å². The van der Waals surface area contributed by atoms with Gasteiger partial charge in [0.05, 0.1) is 25.4 Å². The van der Waals surface area contributed by atoms with E-state index in [0.717, 1.165) is 44.9 Å². The van der Waals surface area contributed by atoms with Crippen LogP contribution in [0.25, 0.3) is 0 Å². The fourth-order valence-corrected chi connectivity index (χ4v) is 6.03. The summed E-state index contributed by atoms with van der Waals surface area (Å²) in [6, 6.07) is -0.917. The van der Waals surface area contributed by atoms with Crippen LogP contribution in [0.3, 0.4) is 0 Å². The minimum atomic E-state index is -4.36. The molecule has 294 valence electrons. The molecule has 3 atom stereocenters. The third-order valence-electron chi connectivity index (χ3n) is 8.28.